The van der Waals surface area contributed by atoms with Gasteiger partial charge < -0.3 is 11.1 Å². The highest BCUT2D eigenvalue weighted by Crippen LogP contribution is 2.42. The Labute approximate surface area is 178 Å². The highest BCUT2D eigenvalue weighted by atomic mass is 19.3. The standard InChI is InChI=1S/C23H22F3N5/c1-14-5-4-6-18(20(14)24)30-21-16-10-17(27)15(9-19(16)28-13-29-21)7-8-22(2)11-31(3)12-23(22,25)26/h4-6,9-10,13H,11-12,27H2,1-3H3,(H,28,29,30). The molecule has 2 aromatic carbocycles. The third kappa shape index (κ3) is 3.77. The van der Waals surface area contributed by atoms with Crippen LogP contribution in [0.1, 0.15) is 18.1 Å². The molecule has 1 saturated heterocycles. The molecular formula is C23H22F3N5. The van der Waals surface area contributed by atoms with Gasteiger partial charge in [-0.1, -0.05) is 24.0 Å². The molecule has 0 spiro atoms. The second kappa shape index (κ2) is 7.43. The molecule has 1 aliphatic heterocycles. The Bertz CT molecular complexity index is 1230. The molecule has 0 radical (unpaired) electrons. The van der Waals surface area contributed by atoms with Crippen molar-refractivity contribution in [2.75, 3.05) is 31.2 Å². The van der Waals surface area contributed by atoms with E-state index in [4.69, 9.17) is 5.73 Å². The average Bonchev–Trinajstić information content (AvgIpc) is 2.90. The molecule has 3 aromatic rings. The first-order chi connectivity index (χ1) is 14.6. The Morgan fingerprint density at radius 1 is 1.19 bits per heavy atom. The minimum absolute atomic E-state index is 0.165. The van der Waals surface area contributed by atoms with Crippen molar-refractivity contribution in [1.29, 1.82) is 0 Å². The van der Waals surface area contributed by atoms with Gasteiger partial charge >= 0.3 is 0 Å². The molecule has 4 rings (SSSR count). The molecule has 0 saturated carbocycles. The lowest BCUT2D eigenvalue weighted by Crippen LogP contribution is -2.36. The first-order valence-electron chi connectivity index (χ1n) is 9.75. The Morgan fingerprint density at radius 3 is 2.68 bits per heavy atom. The van der Waals surface area contributed by atoms with Crippen LogP contribution >= 0.6 is 0 Å². The van der Waals surface area contributed by atoms with Crippen LogP contribution in [0.5, 0.6) is 0 Å². The Kier molecular flexibility index (Phi) is 5.02. The maximum Gasteiger partial charge on any atom is 0.277 e. The van der Waals surface area contributed by atoms with Crippen LogP contribution in [0, 0.1) is 30.0 Å². The normalized spacial score (nSPS) is 20.5. The summed E-state index contributed by atoms with van der Waals surface area (Å²) in [7, 11) is 1.65. The van der Waals surface area contributed by atoms with Crippen LogP contribution in [0.25, 0.3) is 10.9 Å². The summed E-state index contributed by atoms with van der Waals surface area (Å²) in [6.07, 6.45) is 1.34. The van der Waals surface area contributed by atoms with Gasteiger partial charge in [0.05, 0.1) is 17.7 Å². The SMILES string of the molecule is Cc1cccc(Nc2ncnc3cc(C#CC4(C)CN(C)CC4(F)F)c(N)cc23)c1F. The van der Waals surface area contributed by atoms with Crippen LogP contribution in [0.4, 0.5) is 30.4 Å². The van der Waals surface area contributed by atoms with Gasteiger partial charge in [0, 0.05) is 23.2 Å². The summed E-state index contributed by atoms with van der Waals surface area (Å²) in [5.41, 5.74) is 6.72. The van der Waals surface area contributed by atoms with E-state index in [-0.39, 0.29) is 24.6 Å². The quantitative estimate of drug-likeness (QED) is 0.472. The summed E-state index contributed by atoms with van der Waals surface area (Å²) in [5.74, 6) is 2.66. The van der Waals surface area contributed by atoms with E-state index in [1.807, 2.05) is 0 Å². The lowest BCUT2D eigenvalue weighted by molar-refractivity contribution is -0.0483. The fourth-order valence-electron chi connectivity index (χ4n) is 3.76. The molecule has 160 valence electrons. The van der Waals surface area contributed by atoms with Crippen LogP contribution in [-0.4, -0.2) is 40.9 Å². The number of hydrogen-bond acceptors (Lipinski definition) is 5. The van der Waals surface area contributed by atoms with Gasteiger partial charge in [-0.3, -0.25) is 4.90 Å². The lowest BCUT2D eigenvalue weighted by atomic mass is 9.86. The van der Waals surface area contributed by atoms with Gasteiger partial charge in [0.25, 0.3) is 5.92 Å². The van der Waals surface area contributed by atoms with Crippen LogP contribution in [0.15, 0.2) is 36.7 Å². The number of nitrogens with two attached hydrogens (primary N) is 1. The number of nitrogens with one attached hydrogen (secondary N) is 1. The molecule has 5 nitrogen and oxygen atoms in total. The topological polar surface area (TPSA) is 67.1 Å². The molecule has 31 heavy (non-hydrogen) atoms. The Balaban J connectivity index is 1.72. The zero-order valence-corrected chi connectivity index (χ0v) is 17.4. The number of hydrogen-bond donors (Lipinski definition) is 2. The van der Waals surface area contributed by atoms with Crippen molar-refractivity contribution >= 4 is 28.1 Å². The third-order valence-corrected chi connectivity index (χ3v) is 5.59. The van der Waals surface area contributed by atoms with E-state index in [0.717, 1.165) is 0 Å². The summed E-state index contributed by atoms with van der Waals surface area (Å²) in [6, 6.07) is 8.28. The number of anilines is 3. The number of nitrogen functional groups attached to an aromatic ring is 1. The van der Waals surface area contributed by atoms with E-state index in [9.17, 15) is 13.2 Å². The summed E-state index contributed by atoms with van der Waals surface area (Å²) < 4.78 is 43.2. The molecule has 3 N–H and O–H groups in total. The number of alkyl halides is 2. The van der Waals surface area contributed by atoms with Crippen molar-refractivity contribution in [2.45, 2.75) is 19.8 Å². The number of fused-ring (bicyclic) bond motifs is 1. The number of halogens is 3. The van der Waals surface area contributed by atoms with Crippen molar-refractivity contribution < 1.29 is 13.2 Å². The number of likely N-dealkylation sites (tertiary alicyclic amines) is 1. The number of rotatable bonds is 2. The molecular weight excluding hydrogens is 403 g/mol. The maximum absolute atomic E-state index is 14.4. The molecule has 1 aromatic heterocycles. The van der Waals surface area contributed by atoms with Crippen molar-refractivity contribution in [1.82, 2.24) is 14.9 Å². The second-order valence-corrected chi connectivity index (χ2v) is 8.20. The smallest absolute Gasteiger partial charge is 0.277 e. The van der Waals surface area contributed by atoms with E-state index in [1.165, 1.54) is 13.3 Å². The minimum atomic E-state index is -2.92. The molecule has 1 atom stereocenters. The van der Waals surface area contributed by atoms with E-state index in [1.54, 1.807) is 49.2 Å². The largest absolute Gasteiger partial charge is 0.398 e. The van der Waals surface area contributed by atoms with E-state index >= 15 is 0 Å². The van der Waals surface area contributed by atoms with Crippen molar-refractivity contribution in [3.05, 3.63) is 53.6 Å². The van der Waals surface area contributed by atoms with E-state index in [0.29, 0.717) is 33.5 Å². The summed E-state index contributed by atoms with van der Waals surface area (Å²) >= 11 is 0. The Hall–Kier alpha value is -3.31. The maximum atomic E-state index is 14.4. The molecule has 0 bridgehead atoms. The lowest BCUT2D eigenvalue weighted by Gasteiger charge is -2.23. The third-order valence-electron chi connectivity index (χ3n) is 5.59. The highest BCUT2D eigenvalue weighted by molar-refractivity contribution is 5.94. The Morgan fingerprint density at radius 2 is 1.97 bits per heavy atom. The van der Waals surface area contributed by atoms with Crippen LogP contribution in [0.2, 0.25) is 0 Å². The van der Waals surface area contributed by atoms with Gasteiger partial charge in [-0.15, -0.1) is 0 Å². The molecule has 1 aliphatic rings. The molecule has 0 aliphatic carbocycles. The van der Waals surface area contributed by atoms with E-state index < -0.39 is 11.3 Å². The van der Waals surface area contributed by atoms with Gasteiger partial charge in [-0.05, 0) is 44.7 Å². The highest BCUT2D eigenvalue weighted by Gasteiger charge is 2.55. The van der Waals surface area contributed by atoms with Crippen LogP contribution in [0.3, 0.4) is 0 Å². The summed E-state index contributed by atoms with van der Waals surface area (Å²) in [4.78, 5) is 10.0. The summed E-state index contributed by atoms with van der Waals surface area (Å²) in [5, 5.41) is 3.55. The molecule has 8 heteroatoms. The molecule has 2 heterocycles. The van der Waals surface area contributed by atoms with E-state index in [2.05, 4.69) is 27.1 Å². The fourth-order valence-corrected chi connectivity index (χ4v) is 3.76. The van der Waals surface area contributed by atoms with Gasteiger partial charge in [-0.25, -0.2) is 23.1 Å². The van der Waals surface area contributed by atoms with Gasteiger partial charge in [0.1, 0.15) is 23.4 Å². The van der Waals surface area contributed by atoms with Crippen molar-refractivity contribution in [3.63, 3.8) is 0 Å². The van der Waals surface area contributed by atoms with Gasteiger partial charge in [-0.2, -0.15) is 0 Å². The fraction of sp³-hybridized carbons (Fsp3) is 0.304. The van der Waals surface area contributed by atoms with Crippen molar-refractivity contribution in [3.8, 4) is 11.8 Å². The molecule has 1 fully saturated rings. The number of aryl methyl sites for hydroxylation is 1. The number of nitrogens with zero attached hydrogens (tertiary/aromatic N) is 3. The number of aromatic nitrogens is 2. The summed E-state index contributed by atoms with van der Waals surface area (Å²) in [6.45, 7) is 2.97. The molecule has 0 amide bonds. The predicted molar refractivity (Wildman–Crippen MR) is 116 cm³/mol. The molecule has 1 unspecified atom stereocenters. The van der Waals surface area contributed by atoms with Crippen LogP contribution in [-0.2, 0) is 0 Å². The second-order valence-electron chi connectivity index (χ2n) is 8.20. The average molecular weight is 425 g/mol. The minimum Gasteiger partial charge on any atom is -0.398 e. The number of benzene rings is 2. The van der Waals surface area contributed by atoms with Crippen LogP contribution < -0.4 is 11.1 Å². The van der Waals surface area contributed by atoms with Gasteiger partial charge in [0.15, 0.2) is 0 Å². The first kappa shape index (κ1) is 20.9. The zero-order chi connectivity index (χ0) is 22.4. The first-order valence-corrected chi connectivity index (χ1v) is 9.75. The zero-order valence-electron chi connectivity index (χ0n) is 17.4. The van der Waals surface area contributed by atoms with Gasteiger partial charge in [0.2, 0.25) is 0 Å². The predicted octanol–water partition coefficient (Wildman–Crippen LogP) is 4.34. The monoisotopic (exact) mass is 425 g/mol. The van der Waals surface area contributed by atoms with Crippen molar-refractivity contribution in [2.24, 2.45) is 5.41 Å².